The number of nitrogens with one attached hydrogen (secondary N) is 2. The highest BCUT2D eigenvalue weighted by molar-refractivity contribution is 7.90. The molecule has 1 aromatic rings. The van der Waals surface area contributed by atoms with Crippen molar-refractivity contribution < 1.29 is 8.42 Å². The van der Waals surface area contributed by atoms with Gasteiger partial charge in [0, 0.05) is 39.0 Å². The number of likely N-dealkylation sites (tertiary alicyclic amines) is 1. The van der Waals surface area contributed by atoms with Crippen LogP contribution in [0.5, 0.6) is 0 Å². The summed E-state index contributed by atoms with van der Waals surface area (Å²) in [5, 5.41) is 6.65. The number of piperidine rings is 1. The van der Waals surface area contributed by atoms with E-state index in [1.54, 1.807) is 13.1 Å². The molecule has 0 saturated carbocycles. The van der Waals surface area contributed by atoms with Gasteiger partial charge in [0.15, 0.2) is 15.8 Å². The third kappa shape index (κ3) is 6.81. The topological polar surface area (TPSA) is 73.8 Å². The molecular formula is C20H34N4O2S. The molecule has 2 rings (SSSR count). The summed E-state index contributed by atoms with van der Waals surface area (Å²) in [6, 6.07) is 6.14. The van der Waals surface area contributed by atoms with Gasteiger partial charge in [-0.1, -0.05) is 18.6 Å². The van der Waals surface area contributed by atoms with Gasteiger partial charge in [0.05, 0.1) is 4.90 Å². The van der Waals surface area contributed by atoms with Gasteiger partial charge in [0.25, 0.3) is 0 Å². The van der Waals surface area contributed by atoms with Crippen molar-refractivity contribution >= 4 is 15.8 Å². The van der Waals surface area contributed by atoms with Gasteiger partial charge in [-0.25, -0.2) is 8.42 Å². The quantitative estimate of drug-likeness (QED) is 0.422. The van der Waals surface area contributed by atoms with E-state index in [4.69, 9.17) is 0 Å². The summed E-state index contributed by atoms with van der Waals surface area (Å²) in [6.45, 7) is 7.98. The Bertz CT molecular complexity index is 746. The summed E-state index contributed by atoms with van der Waals surface area (Å²) in [5.74, 6) is 0.770. The molecule has 1 heterocycles. The second-order valence-electron chi connectivity index (χ2n) is 7.46. The largest absolute Gasteiger partial charge is 0.356 e. The maximum Gasteiger partial charge on any atom is 0.191 e. The molecule has 1 atom stereocenters. The molecule has 6 nitrogen and oxygen atoms in total. The average Bonchev–Trinajstić information content (AvgIpc) is 2.61. The lowest BCUT2D eigenvalue weighted by molar-refractivity contribution is 0.159. The van der Waals surface area contributed by atoms with E-state index in [1.165, 1.54) is 32.1 Å². The summed E-state index contributed by atoms with van der Waals surface area (Å²) in [5.41, 5.74) is 1.81. The van der Waals surface area contributed by atoms with E-state index >= 15 is 0 Å². The second-order valence-corrected chi connectivity index (χ2v) is 9.44. The monoisotopic (exact) mass is 394 g/mol. The predicted octanol–water partition coefficient (Wildman–Crippen LogP) is 2.33. The van der Waals surface area contributed by atoms with Crippen molar-refractivity contribution in [2.45, 2.75) is 57.0 Å². The van der Waals surface area contributed by atoms with Crippen LogP contribution in [0.3, 0.4) is 0 Å². The molecule has 1 aromatic carbocycles. The Labute approximate surface area is 164 Å². The van der Waals surface area contributed by atoms with Crippen molar-refractivity contribution in [2.24, 2.45) is 4.99 Å². The standard InChI is InChI=1S/C20H34N4O2S/c1-16-14-18(9-10-19(16)27(4,25)26)15-23-20(21-3)22-11-7-13-24-12-6-5-8-17(24)2/h9-10,14,17H,5-8,11-13,15H2,1-4H3,(H2,21,22,23). The normalized spacial score (nSPS) is 19.1. The van der Waals surface area contributed by atoms with E-state index in [9.17, 15) is 8.42 Å². The first-order chi connectivity index (χ1) is 12.8. The van der Waals surface area contributed by atoms with Crippen LogP contribution in [0.15, 0.2) is 28.1 Å². The maximum atomic E-state index is 11.7. The number of nitrogens with zero attached hydrogens (tertiary/aromatic N) is 2. The van der Waals surface area contributed by atoms with Gasteiger partial charge in [0.1, 0.15) is 0 Å². The Balaban J connectivity index is 1.76. The minimum atomic E-state index is -3.17. The van der Waals surface area contributed by atoms with Crippen LogP contribution >= 0.6 is 0 Å². The van der Waals surface area contributed by atoms with Crippen molar-refractivity contribution in [3.8, 4) is 0 Å². The van der Waals surface area contributed by atoms with Gasteiger partial charge >= 0.3 is 0 Å². The molecule has 2 N–H and O–H groups in total. The van der Waals surface area contributed by atoms with Crippen LogP contribution in [0.1, 0.15) is 43.7 Å². The lowest BCUT2D eigenvalue weighted by atomic mass is 10.0. The summed E-state index contributed by atoms with van der Waals surface area (Å²) < 4.78 is 23.4. The van der Waals surface area contributed by atoms with E-state index in [-0.39, 0.29) is 0 Å². The van der Waals surface area contributed by atoms with Crippen molar-refractivity contribution in [1.29, 1.82) is 0 Å². The van der Waals surface area contributed by atoms with Crippen LogP contribution in [-0.4, -0.2) is 58.3 Å². The molecule has 1 aliphatic heterocycles. The van der Waals surface area contributed by atoms with E-state index in [1.807, 2.05) is 19.1 Å². The van der Waals surface area contributed by atoms with Crippen molar-refractivity contribution in [3.05, 3.63) is 29.3 Å². The number of aliphatic imine (C=N–C) groups is 1. The summed E-state index contributed by atoms with van der Waals surface area (Å²) in [7, 11) is -1.41. The molecule has 1 saturated heterocycles. The molecule has 0 spiro atoms. The number of hydrogen-bond acceptors (Lipinski definition) is 4. The lowest BCUT2D eigenvalue weighted by Crippen LogP contribution is -2.41. The zero-order valence-electron chi connectivity index (χ0n) is 17.1. The van der Waals surface area contributed by atoms with Crippen LogP contribution in [0, 0.1) is 6.92 Å². The number of benzene rings is 1. The SMILES string of the molecule is CN=C(NCCCN1CCCCC1C)NCc1ccc(S(C)(=O)=O)c(C)c1. The Hall–Kier alpha value is -1.60. The maximum absolute atomic E-state index is 11.7. The van der Waals surface area contributed by atoms with Gasteiger partial charge in [-0.05, 0) is 56.8 Å². The fourth-order valence-electron chi connectivity index (χ4n) is 3.62. The first kappa shape index (κ1) is 21.7. The summed E-state index contributed by atoms with van der Waals surface area (Å²) >= 11 is 0. The smallest absolute Gasteiger partial charge is 0.191 e. The second kappa shape index (κ2) is 10.1. The van der Waals surface area contributed by atoms with Crippen LogP contribution < -0.4 is 10.6 Å². The molecule has 1 fully saturated rings. The molecule has 7 heteroatoms. The fourth-order valence-corrected chi connectivity index (χ4v) is 4.58. The Morgan fingerprint density at radius 1 is 1.30 bits per heavy atom. The van der Waals surface area contributed by atoms with Crippen molar-refractivity contribution in [3.63, 3.8) is 0 Å². The number of guanidine groups is 1. The number of aryl methyl sites for hydroxylation is 1. The molecule has 0 amide bonds. The molecule has 0 bridgehead atoms. The van der Waals surface area contributed by atoms with Crippen molar-refractivity contribution in [2.75, 3.05) is 32.9 Å². The number of sulfone groups is 1. The minimum absolute atomic E-state index is 0.390. The fraction of sp³-hybridized carbons (Fsp3) is 0.650. The van der Waals surface area contributed by atoms with Gasteiger partial charge in [-0.2, -0.15) is 0 Å². The predicted molar refractivity (Wildman–Crippen MR) is 112 cm³/mol. The highest BCUT2D eigenvalue weighted by Crippen LogP contribution is 2.17. The van der Waals surface area contributed by atoms with E-state index < -0.39 is 9.84 Å². The van der Waals surface area contributed by atoms with E-state index in [2.05, 4.69) is 27.4 Å². The third-order valence-electron chi connectivity index (χ3n) is 5.18. The molecule has 152 valence electrons. The minimum Gasteiger partial charge on any atom is -0.356 e. The lowest BCUT2D eigenvalue weighted by Gasteiger charge is -2.33. The first-order valence-corrected chi connectivity index (χ1v) is 11.7. The molecule has 0 aliphatic carbocycles. The van der Waals surface area contributed by atoms with Crippen LogP contribution in [0.4, 0.5) is 0 Å². The van der Waals surface area contributed by atoms with E-state index in [0.29, 0.717) is 17.5 Å². The molecule has 27 heavy (non-hydrogen) atoms. The van der Waals surface area contributed by atoms with E-state index in [0.717, 1.165) is 36.6 Å². The average molecular weight is 395 g/mol. The molecular weight excluding hydrogens is 360 g/mol. The third-order valence-corrected chi connectivity index (χ3v) is 6.43. The van der Waals surface area contributed by atoms with Gasteiger partial charge in [0.2, 0.25) is 0 Å². The number of hydrogen-bond donors (Lipinski definition) is 2. The highest BCUT2D eigenvalue weighted by atomic mass is 32.2. The van der Waals surface area contributed by atoms with Gasteiger partial charge in [-0.3, -0.25) is 4.99 Å². The first-order valence-electron chi connectivity index (χ1n) is 9.79. The zero-order valence-corrected chi connectivity index (χ0v) is 17.9. The summed E-state index contributed by atoms with van der Waals surface area (Å²) in [4.78, 5) is 7.23. The Morgan fingerprint density at radius 2 is 2.07 bits per heavy atom. The van der Waals surface area contributed by atoms with Gasteiger partial charge in [-0.15, -0.1) is 0 Å². The Morgan fingerprint density at radius 3 is 2.70 bits per heavy atom. The van der Waals surface area contributed by atoms with Crippen molar-refractivity contribution in [1.82, 2.24) is 15.5 Å². The highest BCUT2D eigenvalue weighted by Gasteiger charge is 2.17. The van der Waals surface area contributed by atoms with Crippen LogP contribution in [0.25, 0.3) is 0 Å². The molecule has 1 unspecified atom stereocenters. The van der Waals surface area contributed by atoms with Gasteiger partial charge < -0.3 is 15.5 Å². The molecule has 1 aliphatic rings. The zero-order chi connectivity index (χ0) is 19.9. The summed E-state index contributed by atoms with van der Waals surface area (Å²) in [6.07, 6.45) is 6.32. The molecule has 0 radical (unpaired) electrons. The number of rotatable bonds is 7. The Kier molecular flexibility index (Phi) is 8.10. The molecule has 0 aromatic heterocycles. The van der Waals surface area contributed by atoms with Crippen LogP contribution in [0.2, 0.25) is 0 Å². The van der Waals surface area contributed by atoms with Crippen LogP contribution in [-0.2, 0) is 16.4 Å².